The van der Waals surface area contributed by atoms with Crippen LogP contribution in [0.15, 0.2) is 12.3 Å². The molecule has 1 N–H and O–H groups in total. The maximum atomic E-state index is 5.78. The van der Waals surface area contributed by atoms with Crippen LogP contribution in [0.1, 0.15) is 57.7 Å². The predicted molar refractivity (Wildman–Crippen MR) is 81.7 cm³/mol. The van der Waals surface area contributed by atoms with Crippen LogP contribution in [0.3, 0.4) is 0 Å². The third-order valence-corrected chi connectivity index (χ3v) is 4.30. The Morgan fingerprint density at radius 2 is 2.30 bits per heavy atom. The minimum absolute atomic E-state index is 0.525. The molecule has 0 radical (unpaired) electrons. The van der Waals surface area contributed by atoms with Gasteiger partial charge < -0.3 is 10.1 Å². The summed E-state index contributed by atoms with van der Waals surface area (Å²) in [6.45, 7) is 8.27. The molecule has 0 bridgehead atoms. The molecule has 4 heteroatoms. The quantitative estimate of drug-likeness (QED) is 0.743. The summed E-state index contributed by atoms with van der Waals surface area (Å²) in [6, 6.07) is 2.61. The molecule has 0 saturated carbocycles. The highest BCUT2D eigenvalue weighted by Gasteiger charge is 2.12. The van der Waals surface area contributed by atoms with Gasteiger partial charge in [-0.2, -0.15) is 5.10 Å². The lowest BCUT2D eigenvalue weighted by molar-refractivity contribution is 0.100. The van der Waals surface area contributed by atoms with Crippen molar-refractivity contribution in [2.45, 2.75) is 58.6 Å². The van der Waals surface area contributed by atoms with E-state index in [1.807, 2.05) is 0 Å². The van der Waals surface area contributed by atoms with E-state index in [0.29, 0.717) is 12.6 Å². The van der Waals surface area contributed by atoms with Crippen molar-refractivity contribution in [1.82, 2.24) is 15.1 Å². The molecule has 4 nitrogen and oxygen atoms in total. The third-order valence-electron chi connectivity index (χ3n) is 4.30. The molecule has 1 unspecified atom stereocenters. The van der Waals surface area contributed by atoms with Crippen LogP contribution in [-0.2, 0) is 11.3 Å². The van der Waals surface area contributed by atoms with Gasteiger partial charge in [0.2, 0.25) is 0 Å². The zero-order valence-electron chi connectivity index (χ0n) is 13.0. The summed E-state index contributed by atoms with van der Waals surface area (Å²) in [6.07, 6.45) is 8.17. The van der Waals surface area contributed by atoms with E-state index in [-0.39, 0.29) is 0 Å². The first kappa shape index (κ1) is 15.5. The van der Waals surface area contributed by atoms with Crippen LogP contribution in [0.5, 0.6) is 0 Å². The van der Waals surface area contributed by atoms with Crippen LogP contribution < -0.4 is 5.32 Å². The number of hydrogen-bond donors (Lipinski definition) is 1. The lowest BCUT2D eigenvalue weighted by Crippen LogP contribution is -2.30. The van der Waals surface area contributed by atoms with Gasteiger partial charge in [-0.25, -0.2) is 0 Å². The molecule has 0 aromatic carbocycles. The molecule has 0 aliphatic carbocycles. The Bertz CT molecular complexity index is 368. The zero-order chi connectivity index (χ0) is 14.2. The van der Waals surface area contributed by atoms with E-state index in [1.165, 1.54) is 25.8 Å². The summed E-state index contributed by atoms with van der Waals surface area (Å²) in [4.78, 5) is 0. The van der Waals surface area contributed by atoms with Gasteiger partial charge in [-0.05, 0) is 57.2 Å². The topological polar surface area (TPSA) is 39.1 Å². The molecule has 114 valence electrons. The lowest BCUT2D eigenvalue weighted by Gasteiger charge is -2.22. The first-order valence-corrected chi connectivity index (χ1v) is 8.16. The Morgan fingerprint density at radius 1 is 1.45 bits per heavy atom. The summed E-state index contributed by atoms with van der Waals surface area (Å²) in [7, 11) is 0. The van der Waals surface area contributed by atoms with Crippen LogP contribution in [0.25, 0.3) is 0 Å². The highest BCUT2D eigenvalue weighted by Crippen LogP contribution is 2.16. The molecule has 1 aliphatic rings. The number of piperidine rings is 1. The largest absolute Gasteiger partial charge is 0.375 e. The molecule has 1 aromatic heterocycles. The molecule has 1 aliphatic heterocycles. The van der Waals surface area contributed by atoms with Gasteiger partial charge in [-0.3, -0.25) is 4.68 Å². The van der Waals surface area contributed by atoms with Crippen LogP contribution in [0.2, 0.25) is 0 Å². The van der Waals surface area contributed by atoms with Gasteiger partial charge in [0.15, 0.2) is 0 Å². The summed E-state index contributed by atoms with van der Waals surface area (Å²) in [5.41, 5.74) is 1.05. The summed E-state index contributed by atoms with van der Waals surface area (Å²) < 4.78 is 7.87. The normalized spacial score (nSPS) is 19.6. The molecule has 20 heavy (non-hydrogen) atoms. The first-order valence-electron chi connectivity index (χ1n) is 8.16. The fourth-order valence-corrected chi connectivity index (χ4v) is 2.92. The standard InChI is InChI=1S/C16H29N3O/c1-3-16(4-2)19-10-7-15(18-19)13-20-11-8-14-6-5-9-17-12-14/h7,10,14,16-17H,3-6,8-9,11-13H2,1-2H3. The molecule has 1 saturated heterocycles. The van der Waals surface area contributed by atoms with Crippen LogP contribution in [0, 0.1) is 5.92 Å². The molecule has 0 amide bonds. The molecule has 2 rings (SSSR count). The number of hydrogen-bond acceptors (Lipinski definition) is 3. The average Bonchev–Trinajstić information content (AvgIpc) is 2.95. The zero-order valence-corrected chi connectivity index (χ0v) is 13.0. The first-order chi connectivity index (χ1) is 9.83. The van der Waals surface area contributed by atoms with Crippen molar-refractivity contribution in [2.75, 3.05) is 19.7 Å². The van der Waals surface area contributed by atoms with E-state index in [4.69, 9.17) is 4.74 Å². The molecule has 1 atom stereocenters. The van der Waals surface area contributed by atoms with Crippen molar-refractivity contribution in [1.29, 1.82) is 0 Å². The summed E-state index contributed by atoms with van der Waals surface area (Å²) >= 11 is 0. The van der Waals surface area contributed by atoms with Gasteiger partial charge in [0.25, 0.3) is 0 Å². The van der Waals surface area contributed by atoms with Gasteiger partial charge in [-0.15, -0.1) is 0 Å². The fraction of sp³-hybridized carbons (Fsp3) is 0.812. The maximum absolute atomic E-state index is 5.78. The second-order valence-corrected chi connectivity index (χ2v) is 5.81. The minimum Gasteiger partial charge on any atom is -0.375 e. The van der Waals surface area contributed by atoms with Crippen LogP contribution in [-0.4, -0.2) is 29.5 Å². The third kappa shape index (κ3) is 4.60. The van der Waals surface area contributed by atoms with Crippen molar-refractivity contribution in [3.8, 4) is 0 Å². The molecular weight excluding hydrogens is 250 g/mol. The van der Waals surface area contributed by atoms with Crippen molar-refractivity contribution in [3.05, 3.63) is 18.0 Å². The molecular formula is C16H29N3O. The average molecular weight is 279 g/mol. The number of rotatable bonds is 8. The Hall–Kier alpha value is -0.870. The predicted octanol–water partition coefficient (Wildman–Crippen LogP) is 3.15. The second-order valence-electron chi connectivity index (χ2n) is 5.81. The minimum atomic E-state index is 0.525. The van der Waals surface area contributed by atoms with Gasteiger partial charge >= 0.3 is 0 Å². The summed E-state index contributed by atoms with van der Waals surface area (Å²) in [5, 5.41) is 8.07. The monoisotopic (exact) mass is 279 g/mol. The van der Waals surface area contributed by atoms with E-state index < -0.39 is 0 Å². The van der Waals surface area contributed by atoms with Gasteiger partial charge in [0.1, 0.15) is 0 Å². The van der Waals surface area contributed by atoms with Crippen LogP contribution >= 0.6 is 0 Å². The Kier molecular flexibility index (Phi) is 6.54. The highest BCUT2D eigenvalue weighted by atomic mass is 16.5. The molecule has 1 fully saturated rings. The lowest BCUT2D eigenvalue weighted by atomic mass is 9.97. The van der Waals surface area contributed by atoms with E-state index in [0.717, 1.165) is 37.6 Å². The number of ether oxygens (including phenoxy) is 1. The maximum Gasteiger partial charge on any atom is 0.0906 e. The Labute approximate surface area is 122 Å². The van der Waals surface area contributed by atoms with E-state index in [9.17, 15) is 0 Å². The van der Waals surface area contributed by atoms with E-state index >= 15 is 0 Å². The highest BCUT2D eigenvalue weighted by molar-refractivity contribution is 4.98. The van der Waals surface area contributed by atoms with E-state index in [2.05, 4.69) is 41.2 Å². The van der Waals surface area contributed by atoms with Gasteiger partial charge in [0.05, 0.1) is 18.3 Å². The molecule has 2 heterocycles. The van der Waals surface area contributed by atoms with Gasteiger partial charge in [-0.1, -0.05) is 13.8 Å². The van der Waals surface area contributed by atoms with Crippen molar-refractivity contribution < 1.29 is 4.74 Å². The number of aromatic nitrogens is 2. The second kappa shape index (κ2) is 8.42. The SMILES string of the molecule is CCC(CC)n1ccc(COCCC2CCCNC2)n1. The molecule has 0 spiro atoms. The van der Waals surface area contributed by atoms with Crippen molar-refractivity contribution in [2.24, 2.45) is 5.92 Å². The Balaban J connectivity index is 1.66. The number of nitrogens with zero attached hydrogens (tertiary/aromatic N) is 2. The van der Waals surface area contributed by atoms with Crippen molar-refractivity contribution in [3.63, 3.8) is 0 Å². The van der Waals surface area contributed by atoms with E-state index in [1.54, 1.807) is 0 Å². The smallest absolute Gasteiger partial charge is 0.0906 e. The fourth-order valence-electron chi connectivity index (χ4n) is 2.92. The Morgan fingerprint density at radius 3 is 3.00 bits per heavy atom. The molecule has 1 aromatic rings. The van der Waals surface area contributed by atoms with Crippen LogP contribution in [0.4, 0.5) is 0 Å². The van der Waals surface area contributed by atoms with Gasteiger partial charge in [0, 0.05) is 12.8 Å². The number of nitrogens with one attached hydrogen (secondary N) is 1. The van der Waals surface area contributed by atoms with Crippen molar-refractivity contribution >= 4 is 0 Å². The summed E-state index contributed by atoms with van der Waals surface area (Å²) in [5.74, 6) is 0.797.